The van der Waals surface area contributed by atoms with Gasteiger partial charge in [0.1, 0.15) is 7.05 Å². The molecule has 10 heavy (non-hydrogen) atoms. The number of hydroxylamine groups is 2. The van der Waals surface area contributed by atoms with Crippen molar-refractivity contribution in [2.24, 2.45) is 0 Å². The first-order valence-corrected chi connectivity index (χ1v) is 2.98. The predicted octanol–water partition coefficient (Wildman–Crippen LogP) is 1.40. The number of nitrogens with zero attached hydrogens (tertiary/aromatic N) is 1. The summed E-state index contributed by atoms with van der Waals surface area (Å²) in [6.07, 6.45) is 0. The Bertz CT molecular complexity index is 203. The molecule has 0 aliphatic rings. The van der Waals surface area contributed by atoms with E-state index in [-0.39, 0.29) is 0 Å². The van der Waals surface area contributed by atoms with Gasteiger partial charge in [0, 0.05) is 12.1 Å². The first kappa shape index (κ1) is 7.21. The Hall–Kier alpha value is -0.900. The molecule has 0 atom stereocenters. The fraction of sp³-hybridized carbons (Fsp3) is 0.143. The Balaban J connectivity index is 2.97. The van der Waals surface area contributed by atoms with Crippen LogP contribution < -0.4 is 4.81 Å². The van der Waals surface area contributed by atoms with Crippen LogP contribution in [-0.4, -0.2) is 17.5 Å². The highest BCUT2D eigenvalue weighted by molar-refractivity contribution is 5.37. The minimum absolute atomic E-state index is 0.447. The minimum atomic E-state index is -1.11. The van der Waals surface area contributed by atoms with Gasteiger partial charge in [-0.3, -0.25) is 0 Å². The van der Waals surface area contributed by atoms with Crippen molar-refractivity contribution in [3.05, 3.63) is 30.3 Å². The molecular weight excluding hydrogens is 130 g/mol. The van der Waals surface area contributed by atoms with E-state index in [0.29, 0.717) is 5.69 Å². The molecule has 0 saturated carbocycles. The quantitative estimate of drug-likeness (QED) is 0.457. The maximum absolute atomic E-state index is 8.98. The molecule has 0 fully saturated rings. The molecule has 54 valence electrons. The number of hydrogen-bond donors (Lipinski definition) is 2. The zero-order valence-corrected chi connectivity index (χ0v) is 5.73. The molecule has 1 aromatic rings. The summed E-state index contributed by atoms with van der Waals surface area (Å²) >= 11 is 0. The number of quaternary nitrogens is 1. The molecule has 0 aromatic heterocycles. The van der Waals surface area contributed by atoms with Gasteiger partial charge in [-0.05, 0) is 4.81 Å². The van der Waals surface area contributed by atoms with Gasteiger partial charge in [0.15, 0.2) is 5.69 Å². The second kappa shape index (κ2) is 2.38. The van der Waals surface area contributed by atoms with Gasteiger partial charge in [0.25, 0.3) is 0 Å². The maximum atomic E-state index is 8.98. The molecule has 0 amide bonds. The molecule has 3 nitrogen and oxygen atoms in total. The smallest absolute Gasteiger partial charge is 0.177 e. The van der Waals surface area contributed by atoms with Gasteiger partial charge >= 0.3 is 0 Å². The summed E-state index contributed by atoms with van der Waals surface area (Å²) in [7, 11) is 1.27. The third-order valence-electron chi connectivity index (χ3n) is 1.25. The molecule has 3 heteroatoms. The van der Waals surface area contributed by atoms with Crippen LogP contribution >= 0.6 is 0 Å². The second-order valence-corrected chi connectivity index (χ2v) is 2.25. The maximum Gasteiger partial charge on any atom is 0.199 e. The van der Waals surface area contributed by atoms with Gasteiger partial charge < -0.3 is 0 Å². The highest BCUT2D eigenvalue weighted by Gasteiger charge is 2.17. The van der Waals surface area contributed by atoms with Gasteiger partial charge in [-0.15, -0.1) is 0 Å². The second-order valence-electron chi connectivity index (χ2n) is 2.25. The van der Waals surface area contributed by atoms with Gasteiger partial charge in [-0.2, -0.15) is 10.4 Å². The molecule has 2 N–H and O–H groups in total. The minimum Gasteiger partial charge on any atom is -0.177 e. The molecule has 1 aromatic carbocycles. The third kappa shape index (κ3) is 1.54. The van der Waals surface area contributed by atoms with Crippen molar-refractivity contribution in [1.82, 2.24) is 4.81 Å². The monoisotopic (exact) mass is 140 g/mol. The lowest BCUT2D eigenvalue weighted by Crippen LogP contribution is -2.36. The van der Waals surface area contributed by atoms with E-state index in [0.717, 1.165) is 0 Å². The van der Waals surface area contributed by atoms with E-state index in [1.165, 1.54) is 7.05 Å². The molecule has 0 aliphatic carbocycles. The summed E-state index contributed by atoms with van der Waals surface area (Å²) in [5.74, 6) is 0. The van der Waals surface area contributed by atoms with Crippen LogP contribution in [-0.2, 0) is 0 Å². The normalized spacial score (nSPS) is 11.5. The Labute approximate surface area is 59.3 Å². The molecule has 0 aliphatic heterocycles. The predicted molar refractivity (Wildman–Crippen MR) is 37.7 cm³/mol. The summed E-state index contributed by atoms with van der Waals surface area (Å²) in [6.45, 7) is 0. The molecule has 0 spiro atoms. The molecule has 0 saturated heterocycles. The van der Waals surface area contributed by atoms with Crippen LogP contribution in [0.2, 0.25) is 0 Å². The largest absolute Gasteiger partial charge is 0.199 e. The lowest BCUT2D eigenvalue weighted by atomic mass is 10.3. The van der Waals surface area contributed by atoms with Crippen molar-refractivity contribution in [1.29, 1.82) is 0 Å². The average molecular weight is 140 g/mol. The van der Waals surface area contributed by atoms with E-state index in [4.69, 9.17) is 10.4 Å². The molecular formula is C7H10NO2+. The van der Waals surface area contributed by atoms with Crippen LogP contribution in [0.15, 0.2) is 30.3 Å². The highest BCUT2D eigenvalue weighted by atomic mass is 16.8. The molecule has 0 unspecified atom stereocenters. The van der Waals surface area contributed by atoms with E-state index in [1.54, 1.807) is 24.3 Å². The van der Waals surface area contributed by atoms with E-state index in [9.17, 15) is 0 Å². The summed E-state index contributed by atoms with van der Waals surface area (Å²) in [5.41, 5.74) is 0.447. The Kier molecular flexibility index (Phi) is 1.72. The first-order valence-electron chi connectivity index (χ1n) is 2.98. The summed E-state index contributed by atoms with van der Waals surface area (Å²) in [4.78, 5) is -1.11. The van der Waals surface area contributed by atoms with Crippen LogP contribution in [0, 0.1) is 0 Å². The fourth-order valence-electron chi connectivity index (χ4n) is 0.710. The van der Waals surface area contributed by atoms with Crippen LogP contribution in [0.4, 0.5) is 5.69 Å². The lowest BCUT2D eigenvalue weighted by molar-refractivity contribution is -0.272. The average Bonchev–Trinajstić information content (AvgIpc) is 1.88. The topological polar surface area (TPSA) is 40.5 Å². The summed E-state index contributed by atoms with van der Waals surface area (Å²) < 4.78 is 0. The summed E-state index contributed by atoms with van der Waals surface area (Å²) in [6, 6.07) is 8.59. The number of hydrogen-bond acceptors (Lipinski definition) is 2. The van der Waals surface area contributed by atoms with E-state index in [1.807, 2.05) is 6.07 Å². The Morgan fingerprint density at radius 1 is 1.10 bits per heavy atom. The van der Waals surface area contributed by atoms with E-state index in [2.05, 4.69) is 0 Å². The first-order chi connectivity index (χ1) is 4.61. The highest BCUT2D eigenvalue weighted by Crippen LogP contribution is 2.13. The molecule has 1 rings (SSSR count). The van der Waals surface area contributed by atoms with Crippen LogP contribution in [0.3, 0.4) is 0 Å². The van der Waals surface area contributed by atoms with Crippen LogP contribution in [0.5, 0.6) is 0 Å². The Morgan fingerprint density at radius 2 is 1.60 bits per heavy atom. The van der Waals surface area contributed by atoms with Crippen LogP contribution in [0.25, 0.3) is 0 Å². The zero-order chi connectivity index (χ0) is 7.61. The standard InChI is InChI=1S/C7H10NO2/c1-8(9,10)7-5-3-2-4-6-7/h2-6,9-10H,1H3/q+1. The van der Waals surface area contributed by atoms with Crippen molar-refractivity contribution in [3.63, 3.8) is 0 Å². The van der Waals surface area contributed by atoms with Crippen molar-refractivity contribution >= 4 is 5.69 Å². The Morgan fingerprint density at radius 3 is 1.90 bits per heavy atom. The van der Waals surface area contributed by atoms with Crippen molar-refractivity contribution < 1.29 is 10.4 Å². The van der Waals surface area contributed by atoms with Crippen LogP contribution in [0.1, 0.15) is 0 Å². The molecule has 0 radical (unpaired) electrons. The lowest BCUT2D eigenvalue weighted by Gasteiger charge is -2.13. The fourth-order valence-corrected chi connectivity index (χ4v) is 0.710. The van der Waals surface area contributed by atoms with Gasteiger partial charge in [0.2, 0.25) is 0 Å². The molecule has 0 bridgehead atoms. The van der Waals surface area contributed by atoms with Gasteiger partial charge in [0.05, 0.1) is 0 Å². The number of para-hydroxylation sites is 1. The summed E-state index contributed by atoms with van der Waals surface area (Å²) in [5, 5.41) is 18.0. The van der Waals surface area contributed by atoms with E-state index >= 15 is 0 Å². The SMILES string of the molecule is C[N+](O)(O)c1ccccc1. The number of benzene rings is 1. The molecule has 0 heterocycles. The van der Waals surface area contributed by atoms with E-state index < -0.39 is 4.81 Å². The van der Waals surface area contributed by atoms with Crippen molar-refractivity contribution in [3.8, 4) is 0 Å². The third-order valence-corrected chi connectivity index (χ3v) is 1.25. The zero-order valence-electron chi connectivity index (χ0n) is 5.73. The van der Waals surface area contributed by atoms with Gasteiger partial charge in [-0.1, -0.05) is 18.2 Å². The van der Waals surface area contributed by atoms with Crippen molar-refractivity contribution in [2.45, 2.75) is 0 Å². The van der Waals surface area contributed by atoms with Crippen molar-refractivity contribution in [2.75, 3.05) is 7.05 Å². The number of rotatable bonds is 1. The van der Waals surface area contributed by atoms with Gasteiger partial charge in [-0.25, -0.2) is 0 Å².